The van der Waals surface area contributed by atoms with Crippen LogP contribution in [-0.2, 0) is 0 Å². The SMILES string of the molecule is CCC(CC)CC(N)c1ccc(OC)nn1. The number of aromatic nitrogens is 2. The lowest BCUT2D eigenvalue weighted by Crippen LogP contribution is -2.16. The number of nitrogens with zero attached hydrogens (tertiary/aromatic N) is 2. The van der Waals surface area contributed by atoms with Gasteiger partial charge in [0.2, 0.25) is 5.88 Å². The smallest absolute Gasteiger partial charge is 0.233 e. The molecule has 0 radical (unpaired) electrons. The van der Waals surface area contributed by atoms with Crippen LogP contribution in [0.5, 0.6) is 5.88 Å². The van der Waals surface area contributed by atoms with Gasteiger partial charge in [0.05, 0.1) is 12.8 Å². The Labute approximate surface area is 97.2 Å². The average Bonchev–Trinajstić information content (AvgIpc) is 2.35. The van der Waals surface area contributed by atoms with Gasteiger partial charge in [-0.1, -0.05) is 26.7 Å². The van der Waals surface area contributed by atoms with Crippen molar-refractivity contribution < 1.29 is 4.74 Å². The van der Waals surface area contributed by atoms with E-state index in [1.807, 2.05) is 6.07 Å². The van der Waals surface area contributed by atoms with Gasteiger partial charge in [0.25, 0.3) is 0 Å². The number of hydrogen-bond donors (Lipinski definition) is 1. The first kappa shape index (κ1) is 12.9. The number of methoxy groups -OCH3 is 1. The molecule has 0 saturated carbocycles. The highest BCUT2D eigenvalue weighted by Crippen LogP contribution is 2.22. The number of nitrogens with two attached hydrogens (primary N) is 1. The molecule has 0 saturated heterocycles. The molecule has 0 aliphatic rings. The van der Waals surface area contributed by atoms with Gasteiger partial charge in [0.1, 0.15) is 0 Å². The average molecular weight is 223 g/mol. The number of hydrogen-bond acceptors (Lipinski definition) is 4. The van der Waals surface area contributed by atoms with Crippen LogP contribution in [0, 0.1) is 5.92 Å². The van der Waals surface area contributed by atoms with Crippen molar-refractivity contribution in [3.8, 4) is 5.88 Å². The fourth-order valence-electron chi connectivity index (χ4n) is 1.74. The largest absolute Gasteiger partial charge is 0.480 e. The van der Waals surface area contributed by atoms with Crippen molar-refractivity contribution in [2.75, 3.05) is 7.11 Å². The maximum absolute atomic E-state index is 6.10. The van der Waals surface area contributed by atoms with Crippen LogP contribution < -0.4 is 10.5 Å². The first-order valence-electron chi connectivity index (χ1n) is 5.84. The Morgan fingerprint density at radius 3 is 2.38 bits per heavy atom. The summed E-state index contributed by atoms with van der Waals surface area (Å²) in [5.74, 6) is 1.19. The zero-order chi connectivity index (χ0) is 12.0. The van der Waals surface area contributed by atoms with Crippen LogP contribution >= 0.6 is 0 Å². The van der Waals surface area contributed by atoms with Gasteiger partial charge in [-0.25, -0.2) is 0 Å². The van der Waals surface area contributed by atoms with Crippen LogP contribution in [0.1, 0.15) is 44.8 Å². The van der Waals surface area contributed by atoms with Crippen LogP contribution in [0.3, 0.4) is 0 Å². The Bertz CT molecular complexity index is 296. The highest BCUT2D eigenvalue weighted by atomic mass is 16.5. The first-order valence-corrected chi connectivity index (χ1v) is 5.84. The summed E-state index contributed by atoms with van der Waals surface area (Å²) in [7, 11) is 1.58. The van der Waals surface area contributed by atoms with Crippen molar-refractivity contribution in [1.82, 2.24) is 10.2 Å². The topological polar surface area (TPSA) is 61.0 Å². The number of ether oxygens (including phenoxy) is 1. The lowest BCUT2D eigenvalue weighted by Gasteiger charge is -2.17. The van der Waals surface area contributed by atoms with Gasteiger partial charge in [0.15, 0.2) is 0 Å². The quantitative estimate of drug-likeness (QED) is 0.804. The van der Waals surface area contributed by atoms with E-state index in [-0.39, 0.29) is 6.04 Å². The molecule has 4 nitrogen and oxygen atoms in total. The molecule has 1 unspecified atom stereocenters. The molecule has 0 aliphatic carbocycles. The summed E-state index contributed by atoms with van der Waals surface area (Å²) in [5.41, 5.74) is 6.94. The minimum absolute atomic E-state index is 0.0247. The number of rotatable bonds is 6. The van der Waals surface area contributed by atoms with Crippen LogP contribution in [0.25, 0.3) is 0 Å². The van der Waals surface area contributed by atoms with Crippen LogP contribution in [0.2, 0.25) is 0 Å². The van der Waals surface area contributed by atoms with Crippen LogP contribution in [-0.4, -0.2) is 17.3 Å². The van der Waals surface area contributed by atoms with E-state index in [9.17, 15) is 0 Å². The fourth-order valence-corrected chi connectivity index (χ4v) is 1.74. The zero-order valence-corrected chi connectivity index (χ0v) is 10.3. The van der Waals surface area contributed by atoms with Crippen molar-refractivity contribution in [1.29, 1.82) is 0 Å². The molecule has 1 atom stereocenters. The van der Waals surface area contributed by atoms with Gasteiger partial charge >= 0.3 is 0 Å². The molecule has 4 heteroatoms. The molecule has 1 aromatic rings. The summed E-state index contributed by atoms with van der Waals surface area (Å²) < 4.78 is 4.96. The second kappa shape index (κ2) is 6.43. The van der Waals surface area contributed by atoms with Gasteiger partial charge < -0.3 is 10.5 Å². The van der Waals surface area contributed by atoms with E-state index < -0.39 is 0 Å². The summed E-state index contributed by atoms with van der Waals surface area (Å²) in [5, 5.41) is 8.00. The van der Waals surface area contributed by atoms with E-state index in [1.165, 1.54) is 0 Å². The summed E-state index contributed by atoms with van der Waals surface area (Å²) in [4.78, 5) is 0. The predicted molar refractivity (Wildman–Crippen MR) is 64.2 cm³/mol. The first-order chi connectivity index (χ1) is 7.71. The van der Waals surface area contributed by atoms with Gasteiger partial charge in [-0.3, -0.25) is 0 Å². The molecule has 1 heterocycles. The minimum atomic E-state index is -0.0247. The molecule has 0 amide bonds. The molecule has 0 spiro atoms. The molecular weight excluding hydrogens is 202 g/mol. The van der Waals surface area contributed by atoms with Gasteiger partial charge in [-0.2, -0.15) is 5.10 Å². The van der Waals surface area contributed by atoms with Crippen LogP contribution in [0.4, 0.5) is 0 Å². The lowest BCUT2D eigenvalue weighted by atomic mass is 9.94. The molecule has 90 valence electrons. The summed E-state index contributed by atoms with van der Waals surface area (Å²) in [6, 6.07) is 3.66. The Kier molecular flexibility index (Phi) is 5.19. The van der Waals surface area contributed by atoms with Crippen LogP contribution in [0.15, 0.2) is 12.1 Å². The van der Waals surface area contributed by atoms with E-state index in [4.69, 9.17) is 10.5 Å². The van der Waals surface area contributed by atoms with Crippen molar-refractivity contribution in [3.05, 3.63) is 17.8 Å². The molecular formula is C12H21N3O. The van der Waals surface area contributed by atoms with E-state index >= 15 is 0 Å². The van der Waals surface area contributed by atoms with E-state index in [0.717, 1.165) is 25.0 Å². The Morgan fingerprint density at radius 2 is 1.94 bits per heavy atom. The third-order valence-electron chi connectivity index (χ3n) is 2.99. The second-order valence-electron chi connectivity index (χ2n) is 4.03. The highest BCUT2D eigenvalue weighted by molar-refractivity contribution is 5.13. The normalized spacial score (nSPS) is 12.8. The van der Waals surface area contributed by atoms with E-state index in [1.54, 1.807) is 13.2 Å². The molecule has 0 bridgehead atoms. The zero-order valence-electron chi connectivity index (χ0n) is 10.3. The molecule has 16 heavy (non-hydrogen) atoms. The van der Waals surface area contributed by atoms with Gasteiger partial charge in [-0.15, -0.1) is 5.10 Å². The Hall–Kier alpha value is -1.16. The summed E-state index contributed by atoms with van der Waals surface area (Å²) in [6.45, 7) is 4.39. The molecule has 2 N–H and O–H groups in total. The summed E-state index contributed by atoms with van der Waals surface area (Å²) >= 11 is 0. The van der Waals surface area contributed by atoms with Crippen molar-refractivity contribution in [3.63, 3.8) is 0 Å². The van der Waals surface area contributed by atoms with E-state index in [0.29, 0.717) is 11.8 Å². The predicted octanol–water partition coefficient (Wildman–Crippen LogP) is 2.31. The minimum Gasteiger partial charge on any atom is -0.480 e. The van der Waals surface area contributed by atoms with E-state index in [2.05, 4.69) is 24.0 Å². The second-order valence-corrected chi connectivity index (χ2v) is 4.03. The van der Waals surface area contributed by atoms with Gasteiger partial charge in [0, 0.05) is 12.1 Å². The maximum atomic E-state index is 6.10. The molecule has 0 aromatic carbocycles. The highest BCUT2D eigenvalue weighted by Gasteiger charge is 2.13. The monoisotopic (exact) mass is 223 g/mol. The molecule has 0 fully saturated rings. The fraction of sp³-hybridized carbons (Fsp3) is 0.667. The Morgan fingerprint density at radius 1 is 1.25 bits per heavy atom. The van der Waals surface area contributed by atoms with Gasteiger partial charge in [-0.05, 0) is 18.4 Å². The van der Waals surface area contributed by atoms with Crippen molar-refractivity contribution >= 4 is 0 Å². The van der Waals surface area contributed by atoms with Crippen molar-refractivity contribution in [2.24, 2.45) is 11.7 Å². The third kappa shape index (κ3) is 3.45. The third-order valence-corrected chi connectivity index (χ3v) is 2.99. The summed E-state index contributed by atoms with van der Waals surface area (Å²) in [6.07, 6.45) is 3.29. The maximum Gasteiger partial charge on any atom is 0.233 e. The lowest BCUT2D eigenvalue weighted by molar-refractivity contribution is 0.385. The Balaban J connectivity index is 2.61. The molecule has 0 aliphatic heterocycles. The molecule has 1 aromatic heterocycles. The van der Waals surface area contributed by atoms with Crippen molar-refractivity contribution in [2.45, 2.75) is 39.2 Å². The standard InChI is InChI=1S/C12H21N3O/c1-4-9(5-2)8-10(13)11-6-7-12(16-3)15-14-11/h6-7,9-10H,4-5,8,13H2,1-3H3. The molecule has 1 rings (SSSR count).